The number of halogens is 2. The van der Waals surface area contributed by atoms with Gasteiger partial charge in [0.2, 0.25) is 0 Å². The smallest absolute Gasteiger partial charge is 0.297 e. The van der Waals surface area contributed by atoms with E-state index in [9.17, 15) is 13.6 Å². The predicted molar refractivity (Wildman–Crippen MR) is 99.5 cm³/mol. The van der Waals surface area contributed by atoms with Crippen molar-refractivity contribution in [2.45, 2.75) is 39.4 Å². The average Bonchev–Trinajstić information content (AvgIpc) is 3.02. The lowest BCUT2D eigenvalue weighted by Gasteiger charge is -2.33. The Balaban J connectivity index is 1.43. The van der Waals surface area contributed by atoms with E-state index in [1.165, 1.54) is 16.6 Å². The molecule has 1 N–H and O–H groups in total. The van der Waals surface area contributed by atoms with Gasteiger partial charge in [0.05, 0.1) is 18.4 Å². The number of piperidine rings is 1. The maximum Gasteiger partial charge on any atom is 0.297 e. The highest BCUT2D eigenvalue weighted by atomic mass is 19.1. The van der Waals surface area contributed by atoms with E-state index in [0.29, 0.717) is 54.5 Å². The molecule has 0 amide bonds. The normalized spacial score (nSPS) is 15.5. The number of nitrogens with one attached hydrogen (secondary N) is 1. The van der Waals surface area contributed by atoms with Crippen molar-refractivity contribution < 1.29 is 13.5 Å². The van der Waals surface area contributed by atoms with Crippen molar-refractivity contribution >= 4 is 11.5 Å². The van der Waals surface area contributed by atoms with Gasteiger partial charge in [-0.1, -0.05) is 6.07 Å². The molecular weight excluding hydrogens is 368 g/mol. The maximum absolute atomic E-state index is 13.7. The van der Waals surface area contributed by atoms with Gasteiger partial charge in [0.1, 0.15) is 23.1 Å². The Morgan fingerprint density at radius 2 is 1.96 bits per heavy atom. The summed E-state index contributed by atoms with van der Waals surface area (Å²) in [6, 6.07) is 3.48. The Morgan fingerprint density at radius 1 is 1.21 bits per heavy atom. The molecule has 4 rings (SSSR count). The molecule has 7 nitrogen and oxygen atoms in total. The molecule has 1 aliphatic heterocycles. The van der Waals surface area contributed by atoms with Gasteiger partial charge in [-0.3, -0.25) is 9.89 Å². The molecule has 0 spiro atoms. The lowest BCUT2D eigenvalue weighted by atomic mass is 10.1. The number of ether oxygens (including phenoxy) is 1. The van der Waals surface area contributed by atoms with Gasteiger partial charge in [-0.05, 0) is 32.8 Å². The summed E-state index contributed by atoms with van der Waals surface area (Å²) in [7, 11) is 0. The molecule has 9 heteroatoms. The highest BCUT2D eigenvalue weighted by Crippen LogP contribution is 2.22. The number of anilines is 1. The molecule has 1 aromatic carbocycles. The lowest BCUT2D eigenvalue weighted by Crippen LogP contribution is -2.41. The van der Waals surface area contributed by atoms with E-state index in [4.69, 9.17) is 4.74 Å². The Hall–Kier alpha value is -2.81. The molecule has 28 heavy (non-hydrogen) atoms. The van der Waals surface area contributed by atoms with E-state index < -0.39 is 11.6 Å². The van der Waals surface area contributed by atoms with E-state index in [1.54, 1.807) is 13.8 Å². The van der Waals surface area contributed by atoms with Crippen LogP contribution in [0.15, 0.2) is 23.0 Å². The van der Waals surface area contributed by atoms with Crippen LogP contribution >= 0.6 is 0 Å². The van der Waals surface area contributed by atoms with Gasteiger partial charge in [0.15, 0.2) is 0 Å². The van der Waals surface area contributed by atoms with Gasteiger partial charge in [0, 0.05) is 24.7 Å². The number of nitrogens with zero attached hydrogens (tertiary/aromatic N) is 4. The molecule has 1 fully saturated rings. The summed E-state index contributed by atoms with van der Waals surface area (Å²) >= 11 is 0. The van der Waals surface area contributed by atoms with Crippen LogP contribution in [0.1, 0.15) is 29.9 Å². The Kier molecular flexibility index (Phi) is 4.84. The SMILES string of the molecule is Cc1nc2nc(C)c(N3CCC(OCc4ccc(F)cc4F)CC3)c(=O)n2[nH]1. The fraction of sp³-hybridized carbons (Fsp3) is 0.421. The minimum atomic E-state index is -0.603. The number of aryl methyl sites for hydroxylation is 2. The van der Waals surface area contributed by atoms with Crippen molar-refractivity contribution in [3.05, 3.63) is 57.3 Å². The first-order valence-electron chi connectivity index (χ1n) is 9.19. The van der Waals surface area contributed by atoms with E-state index in [-0.39, 0.29) is 18.3 Å². The first kappa shape index (κ1) is 18.5. The highest BCUT2D eigenvalue weighted by Gasteiger charge is 2.25. The van der Waals surface area contributed by atoms with E-state index >= 15 is 0 Å². The summed E-state index contributed by atoms with van der Waals surface area (Å²) in [5.41, 5.74) is 1.37. The first-order valence-corrected chi connectivity index (χ1v) is 9.19. The zero-order valence-electron chi connectivity index (χ0n) is 15.7. The van der Waals surface area contributed by atoms with Crippen molar-refractivity contribution in [2.75, 3.05) is 18.0 Å². The van der Waals surface area contributed by atoms with Crippen LogP contribution in [0, 0.1) is 25.5 Å². The number of fused-ring (bicyclic) bond motifs is 1. The topological polar surface area (TPSA) is 75.5 Å². The van der Waals surface area contributed by atoms with Gasteiger partial charge in [-0.25, -0.2) is 13.8 Å². The highest BCUT2D eigenvalue weighted by molar-refractivity contribution is 5.52. The van der Waals surface area contributed by atoms with Crippen LogP contribution in [0.4, 0.5) is 14.5 Å². The molecular formula is C19H21F2N5O2. The van der Waals surface area contributed by atoms with Crippen molar-refractivity contribution in [3.8, 4) is 0 Å². The van der Waals surface area contributed by atoms with Crippen molar-refractivity contribution in [1.29, 1.82) is 0 Å². The van der Waals surface area contributed by atoms with Crippen molar-refractivity contribution in [3.63, 3.8) is 0 Å². The van der Waals surface area contributed by atoms with Gasteiger partial charge >= 0.3 is 0 Å². The zero-order valence-corrected chi connectivity index (χ0v) is 15.7. The molecule has 1 aliphatic rings. The number of hydrogen-bond acceptors (Lipinski definition) is 5. The molecule has 0 atom stereocenters. The summed E-state index contributed by atoms with van der Waals surface area (Å²) in [6.07, 6.45) is 1.36. The molecule has 0 aliphatic carbocycles. The Labute approximate surface area is 160 Å². The number of aromatic nitrogens is 4. The summed E-state index contributed by atoms with van der Waals surface area (Å²) in [5.74, 6) is -0.214. The lowest BCUT2D eigenvalue weighted by molar-refractivity contribution is 0.0237. The third kappa shape index (κ3) is 3.49. The maximum atomic E-state index is 13.7. The monoisotopic (exact) mass is 389 g/mol. The molecule has 1 saturated heterocycles. The minimum absolute atomic E-state index is 0.0464. The fourth-order valence-corrected chi connectivity index (χ4v) is 3.57. The second-order valence-corrected chi connectivity index (χ2v) is 7.03. The Bertz CT molecular complexity index is 1070. The fourth-order valence-electron chi connectivity index (χ4n) is 3.57. The zero-order chi connectivity index (χ0) is 19.8. The second-order valence-electron chi connectivity index (χ2n) is 7.03. The van der Waals surface area contributed by atoms with Crippen LogP contribution in [0.25, 0.3) is 5.78 Å². The minimum Gasteiger partial charge on any atom is -0.373 e. The van der Waals surface area contributed by atoms with Gasteiger partial charge in [0.25, 0.3) is 11.3 Å². The standard InChI is InChI=1S/C19H21F2N5O2/c1-11-17(18(27)26-19(22-11)23-12(2)24-26)25-7-5-15(6-8-25)28-10-13-3-4-14(20)9-16(13)21/h3-4,9,15H,5-8,10H2,1-2H3,(H,22,23,24). The predicted octanol–water partition coefficient (Wildman–Crippen LogP) is 2.50. The number of rotatable bonds is 4. The largest absolute Gasteiger partial charge is 0.373 e. The molecule has 0 radical (unpaired) electrons. The molecule has 3 heterocycles. The number of H-pyrrole nitrogens is 1. The summed E-state index contributed by atoms with van der Waals surface area (Å²) in [5, 5.41) is 2.91. The number of aromatic amines is 1. The van der Waals surface area contributed by atoms with Gasteiger partial charge in [-0.15, -0.1) is 0 Å². The summed E-state index contributed by atoms with van der Waals surface area (Å²) in [4.78, 5) is 23.5. The van der Waals surface area contributed by atoms with Crippen molar-refractivity contribution in [1.82, 2.24) is 19.6 Å². The number of hydrogen-bond donors (Lipinski definition) is 1. The second kappa shape index (κ2) is 7.31. The molecule has 0 saturated carbocycles. The number of benzene rings is 1. The van der Waals surface area contributed by atoms with Crippen LogP contribution in [0.3, 0.4) is 0 Å². The van der Waals surface area contributed by atoms with E-state index in [2.05, 4.69) is 15.1 Å². The van der Waals surface area contributed by atoms with Gasteiger partial charge < -0.3 is 9.64 Å². The molecule has 0 bridgehead atoms. The molecule has 0 unspecified atom stereocenters. The van der Waals surface area contributed by atoms with Crippen LogP contribution in [-0.4, -0.2) is 38.8 Å². The van der Waals surface area contributed by atoms with E-state index in [0.717, 1.165) is 6.07 Å². The van der Waals surface area contributed by atoms with Crippen LogP contribution < -0.4 is 10.5 Å². The first-order chi connectivity index (χ1) is 13.4. The van der Waals surface area contributed by atoms with Crippen LogP contribution in [0.2, 0.25) is 0 Å². The third-order valence-corrected chi connectivity index (χ3v) is 5.01. The Morgan fingerprint density at radius 3 is 2.68 bits per heavy atom. The molecule has 148 valence electrons. The van der Waals surface area contributed by atoms with Crippen LogP contribution in [0.5, 0.6) is 0 Å². The molecule has 2 aromatic heterocycles. The van der Waals surface area contributed by atoms with Crippen molar-refractivity contribution in [2.24, 2.45) is 0 Å². The third-order valence-electron chi connectivity index (χ3n) is 5.01. The van der Waals surface area contributed by atoms with E-state index in [1.807, 2.05) is 4.90 Å². The van der Waals surface area contributed by atoms with Gasteiger partial charge in [-0.2, -0.15) is 9.50 Å². The molecule has 3 aromatic rings. The average molecular weight is 389 g/mol. The summed E-state index contributed by atoms with van der Waals surface area (Å²) < 4.78 is 33.9. The summed E-state index contributed by atoms with van der Waals surface area (Å²) in [6.45, 7) is 4.94. The quantitative estimate of drug-likeness (QED) is 0.742. The van der Waals surface area contributed by atoms with Crippen LogP contribution in [-0.2, 0) is 11.3 Å².